The van der Waals surface area contributed by atoms with Crippen molar-refractivity contribution in [1.29, 1.82) is 0 Å². The van der Waals surface area contributed by atoms with Gasteiger partial charge in [0.2, 0.25) is 0 Å². The van der Waals surface area contributed by atoms with Gasteiger partial charge < -0.3 is 19.7 Å². The van der Waals surface area contributed by atoms with E-state index in [1.165, 1.54) is 6.07 Å². The van der Waals surface area contributed by atoms with Gasteiger partial charge in [-0.15, -0.1) is 0 Å². The van der Waals surface area contributed by atoms with Crippen LogP contribution in [0.5, 0.6) is 17.2 Å². The Balaban J connectivity index is 3.17. The summed E-state index contributed by atoms with van der Waals surface area (Å²) in [6.07, 6.45) is 0. The van der Waals surface area contributed by atoms with Crippen LogP contribution in [0.4, 0.5) is 0 Å². The van der Waals surface area contributed by atoms with Gasteiger partial charge in [-0.2, -0.15) is 0 Å². The molecule has 0 aliphatic heterocycles. The Hall–Kier alpha value is -1.91. The Morgan fingerprint density at radius 2 is 1.94 bits per heavy atom. The SMILES string of the molecule is CCOC(=O)c1cc(O)cc(O)c1OCC. The third-order valence-electron chi connectivity index (χ3n) is 1.84. The van der Waals surface area contributed by atoms with Crippen LogP contribution in [-0.4, -0.2) is 29.4 Å². The van der Waals surface area contributed by atoms with Crippen LogP contribution < -0.4 is 4.74 Å². The van der Waals surface area contributed by atoms with Crippen LogP contribution in [0.25, 0.3) is 0 Å². The van der Waals surface area contributed by atoms with Crippen molar-refractivity contribution in [2.24, 2.45) is 0 Å². The summed E-state index contributed by atoms with van der Waals surface area (Å²) in [5.41, 5.74) is 0.0150. The second kappa shape index (κ2) is 5.25. The van der Waals surface area contributed by atoms with Gasteiger partial charge in [-0.1, -0.05) is 0 Å². The molecule has 1 rings (SSSR count). The third kappa shape index (κ3) is 2.56. The number of phenolic OH excluding ortho intramolecular Hbond substituents is 2. The number of benzene rings is 1. The summed E-state index contributed by atoms with van der Waals surface area (Å²) in [4.78, 5) is 11.5. The van der Waals surface area contributed by atoms with Crippen molar-refractivity contribution in [3.63, 3.8) is 0 Å². The van der Waals surface area contributed by atoms with Crippen molar-refractivity contribution >= 4 is 5.97 Å². The van der Waals surface area contributed by atoms with E-state index < -0.39 is 5.97 Å². The summed E-state index contributed by atoms with van der Waals surface area (Å²) in [6.45, 7) is 3.90. The molecule has 0 saturated heterocycles. The molecular weight excluding hydrogens is 212 g/mol. The molecule has 0 spiro atoms. The zero-order chi connectivity index (χ0) is 12.1. The topological polar surface area (TPSA) is 76.0 Å². The second-order valence-electron chi connectivity index (χ2n) is 3.00. The molecule has 0 aliphatic rings. The highest BCUT2D eigenvalue weighted by Crippen LogP contribution is 2.34. The Labute approximate surface area is 93.2 Å². The molecule has 1 aromatic carbocycles. The van der Waals surface area contributed by atoms with Crippen LogP contribution in [0, 0.1) is 0 Å². The molecule has 5 nitrogen and oxygen atoms in total. The molecule has 2 N–H and O–H groups in total. The maximum absolute atomic E-state index is 11.5. The molecule has 16 heavy (non-hydrogen) atoms. The fourth-order valence-corrected chi connectivity index (χ4v) is 1.26. The molecule has 0 aliphatic carbocycles. The first kappa shape index (κ1) is 12.2. The second-order valence-corrected chi connectivity index (χ2v) is 3.00. The number of carbonyl (C=O) groups excluding carboxylic acids is 1. The summed E-state index contributed by atoms with van der Waals surface area (Å²) in [5, 5.41) is 18.8. The quantitative estimate of drug-likeness (QED) is 0.764. The number of hydrogen-bond donors (Lipinski definition) is 2. The number of rotatable bonds is 4. The Morgan fingerprint density at radius 1 is 1.25 bits per heavy atom. The summed E-state index contributed by atoms with van der Waals surface area (Å²) in [6, 6.07) is 2.30. The van der Waals surface area contributed by atoms with Crippen LogP contribution in [0.3, 0.4) is 0 Å². The lowest BCUT2D eigenvalue weighted by molar-refractivity contribution is 0.0520. The highest BCUT2D eigenvalue weighted by atomic mass is 16.5. The van der Waals surface area contributed by atoms with Crippen LogP contribution in [0.2, 0.25) is 0 Å². The van der Waals surface area contributed by atoms with Crippen LogP contribution in [0.15, 0.2) is 12.1 Å². The molecule has 0 atom stereocenters. The van der Waals surface area contributed by atoms with Gasteiger partial charge in [0.15, 0.2) is 11.5 Å². The number of phenols is 2. The van der Waals surface area contributed by atoms with E-state index in [0.717, 1.165) is 6.07 Å². The lowest BCUT2D eigenvalue weighted by Crippen LogP contribution is -2.08. The van der Waals surface area contributed by atoms with E-state index in [-0.39, 0.29) is 29.4 Å². The molecule has 0 amide bonds. The predicted molar refractivity (Wildman–Crippen MR) is 56.9 cm³/mol. The molecule has 0 radical (unpaired) electrons. The molecule has 0 saturated carbocycles. The number of ether oxygens (including phenoxy) is 2. The first-order valence-corrected chi connectivity index (χ1v) is 4.96. The minimum absolute atomic E-state index is 0.0150. The predicted octanol–water partition coefficient (Wildman–Crippen LogP) is 1.67. The fraction of sp³-hybridized carbons (Fsp3) is 0.364. The highest BCUT2D eigenvalue weighted by Gasteiger charge is 2.18. The monoisotopic (exact) mass is 226 g/mol. The van der Waals surface area contributed by atoms with Gasteiger partial charge in [0, 0.05) is 6.07 Å². The third-order valence-corrected chi connectivity index (χ3v) is 1.84. The maximum atomic E-state index is 11.5. The lowest BCUT2D eigenvalue weighted by Gasteiger charge is -2.11. The average molecular weight is 226 g/mol. The van der Waals surface area contributed by atoms with Gasteiger partial charge >= 0.3 is 5.97 Å². The van der Waals surface area contributed by atoms with E-state index in [9.17, 15) is 15.0 Å². The van der Waals surface area contributed by atoms with Crippen LogP contribution in [-0.2, 0) is 4.74 Å². The van der Waals surface area contributed by atoms with E-state index in [1.807, 2.05) is 0 Å². The standard InChI is InChI=1S/C11H14O5/c1-3-15-10-8(11(14)16-4-2)5-7(12)6-9(10)13/h5-6,12-13H,3-4H2,1-2H3. The minimum atomic E-state index is -0.642. The van der Waals surface area contributed by atoms with Gasteiger partial charge in [-0.3, -0.25) is 0 Å². The molecule has 0 unspecified atom stereocenters. The lowest BCUT2D eigenvalue weighted by atomic mass is 10.1. The van der Waals surface area contributed by atoms with E-state index in [1.54, 1.807) is 13.8 Å². The molecule has 0 aromatic heterocycles. The fourth-order valence-electron chi connectivity index (χ4n) is 1.26. The van der Waals surface area contributed by atoms with Gasteiger partial charge in [-0.05, 0) is 19.9 Å². The zero-order valence-corrected chi connectivity index (χ0v) is 9.19. The summed E-state index contributed by atoms with van der Waals surface area (Å²) >= 11 is 0. The normalized spacial score (nSPS) is 9.88. The number of carbonyl (C=O) groups is 1. The van der Waals surface area contributed by atoms with Gasteiger partial charge in [0.25, 0.3) is 0 Å². The van der Waals surface area contributed by atoms with Gasteiger partial charge in [0.1, 0.15) is 11.3 Å². The molecule has 88 valence electrons. The van der Waals surface area contributed by atoms with Gasteiger partial charge in [-0.25, -0.2) is 4.79 Å². The first-order valence-electron chi connectivity index (χ1n) is 4.96. The van der Waals surface area contributed by atoms with Crippen molar-refractivity contribution < 1.29 is 24.5 Å². The Morgan fingerprint density at radius 3 is 2.50 bits per heavy atom. The molecule has 5 heteroatoms. The summed E-state index contributed by atoms with van der Waals surface area (Å²) < 4.78 is 9.91. The van der Waals surface area contributed by atoms with Crippen molar-refractivity contribution in [3.8, 4) is 17.2 Å². The zero-order valence-electron chi connectivity index (χ0n) is 9.19. The highest BCUT2D eigenvalue weighted by molar-refractivity contribution is 5.94. The Bertz CT molecular complexity index is 386. The summed E-state index contributed by atoms with van der Waals surface area (Å²) in [5.74, 6) is -1.12. The first-order chi connectivity index (χ1) is 7.60. The van der Waals surface area contributed by atoms with Crippen LogP contribution >= 0.6 is 0 Å². The smallest absolute Gasteiger partial charge is 0.342 e. The molecule has 0 bridgehead atoms. The van der Waals surface area contributed by atoms with E-state index >= 15 is 0 Å². The van der Waals surface area contributed by atoms with Crippen LogP contribution in [0.1, 0.15) is 24.2 Å². The average Bonchev–Trinajstić information content (AvgIpc) is 2.22. The van der Waals surface area contributed by atoms with E-state index in [0.29, 0.717) is 6.61 Å². The van der Waals surface area contributed by atoms with E-state index in [4.69, 9.17) is 9.47 Å². The number of esters is 1. The maximum Gasteiger partial charge on any atom is 0.342 e. The summed E-state index contributed by atoms with van der Waals surface area (Å²) in [7, 11) is 0. The largest absolute Gasteiger partial charge is 0.508 e. The van der Waals surface area contributed by atoms with Crippen molar-refractivity contribution in [1.82, 2.24) is 0 Å². The van der Waals surface area contributed by atoms with Crippen molar-refractivity contribution in [2.45, 2.75) is 13.8 Å². The molecule has 0 heterocycles. The molecular formula is C11H14O5. The minimum Gasteiger partial charge on any atom is -0.508 e. The number of hydrogen-bond acceptors (Lipinski definition) is 5. The number of aromatic hydroxyl groups is 2. The molecule has 1 aromatic rings. The van der Waals surface area contributed by atoms with E-state index in [2.05, 4.69) is 0 Å². The van der Waals surface area contributed by atoms with Crippen molar-refractivity contribution in [3.05, 3.63) is 17.7 Å². The van der Waals surface area contributed by atoms with Crippen molar-refractivity contribution in [2.75, 3.05) is 13.2 Å². The Kier molecular flexibility index (Phi) is 3.99. The van der Waals surface area contributed by atoms with Gasteiger partial charge in [0.05, 0.1) is 13.2 Å². The molecule has 0 fully saturated rings.